The number of rotatable bonds is 6. The molecule has 2 amide bonds. The van der Waals surface area contributed by atoms with E-state index in [1.807, 2.05) is 6.07 Å². The second kappa shape index (κ2) is 8.60. The number of allylic oxidation sites excluding steroid dienone is 4. The highest BCUT2D eigenvalue weighted by atomic mass is 35.5. The van der Waals surface area contributed by atoms with E-state index >= 15 is 0 Å². The van der Waals surface area contributed by atoms with Crippen molar-refractivity contribution in [2.45, 2.75) is 12.8 Å². The van der Waals surface area contributed by atoms with Gasteiger partial charge in [0.1, 0.15) is 0 Å². The van der Waals surface area contributed by atoms with Crippen molar-refractivity contribution >= 4 is 30.2 Å². The van der Waals surface area contributed by atoms with Crippen molar-refractivity contribution in [2.75, 3.05) is 44.2 Å². The Hall–Kier alpha value is -2.25. The molecule has 170 valence electrons. The molecule has 3 heterocycles. The molecule has 0 unspecified atom stereocenters. The summed E-state index contributed by atoms with van der Waals surface area (Å²) in [6, 6.07) is 1.84. The van der Waals surface area contributed by atoms with Crippen LogP contribution in [-0.2, 0) is 9.59 Å². The van der Waals surface area contributed by atoms with E-state index in [0.29, 0.717) is 18.4 Å². The van der Waals surface area contributed by atoms with Crippen LogP contribution in [0.4, 0.5) is 5.95 Å². The van der Waals surface area contributed by atoms with E-state index in [9.17, 15) is 9.59 Å². The Morgan fingerprint density at radius 2 is 1.28 bits per heavy atom. The van der Waals surface area contributed by atoms with Gasteiger partial charge in [-0.15, -0.1) is 12.4 Å². The lowest BCUT2D eigenvalue weighted by Gasteiger charge is -2.51. The zero-order valence-electron chi connectivity index (χ0n) is 18.1. The second-order valence-electron chi connectivity index (χ2n) is 9.54. The first-order chi connectivity index (χ1) is 15.2. The molecule has 0 aromatic carbocycles. The van der Waals surface area contributed by atoms with Crippen molar-refractivity contribution in [3.63, 3.8) is 0 Å². The van der Waals surface area contributed by atoms with E-state index in [1.165, 1.54) is 0 Å². The van der Waals surface area contributed by atoms with Gasteiger partial charge in [-0.2, -0.15) is 0 Å². The first kappa shape index (κ1) is 21.6. The maximum absolute atomic E-state index is 13.1. The lowest BCUT2D eigenvalue weighted by atomic mass is 9.50. The summed E-state index contributed by atoms with van der Waals surface area (Å²) in [7, 11) is 0. The number of carbonyl (C=O) groups is 2. The highest BCUT2D eigenvalue weighted by Gasteiger charge is 2.62. The van der Waals surface area contributed by atoms with Crippen molar-refractivity contribution < 1.29 is 9.59 Å². The number of hydrogen-bond acceptors (Lipinski definition) is 6. The van der Waals surface area contributed by atoms with Crippen LogP contribution in [0.1, 0.15) is 12.8 Å². The Labute approximate surface area is 195 Å². The van der Waals surface area contributed by atoms with Gasteiger partial charge in [0.15, 0.2) is 0 Å². The topological polar surface area (TPSA) is 69.6 Å². The molecule has 1 saturated carbocycles. The van der Waals surface area contributed by atoms with Gasteiger partial charge in [0.05, 0.1) is 11.8 Å². The van der Waals surface area contributed by atoms with Gasteiger partial charge in [-0.05, 0) is 49.1 Å². The summed E-state index contributed by atoms with van der Waals surface area (Å²) in [5.41, 5.74) is 0. The minimum absolute atomic E-state index is 0. The molecule has 1 aromatic heterocycles. The summed E-state index contributed by atoms with van der Waals surface area (Å²) >= 11 is 0. The van der Waals surface area contributed by atoms with E-state index in [4.69, 9.17) is 0 Å². The largest absolute Gasteiger partial charge is 0.338 e. The van der Waals surface area contributed by atoms with Gasteiger partial charge >= 0.3 is 0 Å². The summed E-state index contributed by atoms with van der Waals surface area (Å²) in [5.74, 6) is 2.19. The van der Waals surface area contributed by atoms with E-state index in [1.54, 1.807) is 17.3 Å². The molecule has 2 bridgehead atoms. The van der Waals surface area contributed by atoms with Crippen LogP contribution in [0.3, 0.4) is 0 Å². The summed E-state index contributed by atoms with van der Waals surface area (Å²) in [6.45, 7) is 5.44. The molecule has 8 heteroatoms. The van der Waals surface area contributed by atoms with E-state index < -0.39 is 0 Å². The lowest BCUT2D eigenvalue weighted by molar-refractivity contribution is -0.140. The van der Waals surface area contributed by atoms with Crippen molar-refractivity contribution in [1.82, 2.24) is 19.8 Å². The van der Waals surface area contributed by atoms with Crippen molar-refractivity contribution in [2.24, 2.45) is 35.5 Å². The number of imide groups is 1. The first-order valence-corrected chi connectivity index (χ1v) is 11.7. The van der Waals surface area contributed by atoms with Gasteiger partial charge in [0, 0.05) is 45.1 Å². The number of amides is 2. The molecular formula is C24H30ClN5O2. The fourth-order valence-electron chi connectivity index (χ4n) is 6.40. The van der Waals surface area contributed by atoms with Crippen LogP contribution in [-0.4, -0.2) is 70.9 Å². The molecule has 0 spiro atoms. The number of unbranched alkanes of at least 4 members (excludes halogenated alkanes) is 1. The van der Waals surface area contributed by atoms with Crippen molar-refractivity contribution in [1.29, 1.82) is 0 Å². The number of aromatic nitrogens is 2. The highest BCUT2D eigenvalue weighted by Crippen LogP contribution is 2.58. The summed E-state index contributed by atoms with van der Waals surface area (Å²) in [5, 5.41) is 0. The minimum Gasteiger partial charge on any atom is -0.338 e. The molecule has 6 aliphatic rings. The molecule has 2 aliphatic heterocycles. The third-order valence-corrected chi connectivity index (χ3v) is 8.08. The fourth-order valence-corrected chi connectivity index (χ4v) is 6.40. The second-order valence-corrected chi connectivity index (χ2v) is 9.54. The average Bonchev–Trinajstić information content (AvgIpc) is 3.04. The SMILES string of the molecule is Cl.O=C1[C@@H]2[C@H]3C=C[C@H]([C@@H]4C=C[C@@H]43)[C@@H]2C(=O)N1CCCCN1CCN(c2ncccn2)CC1. The summed E-state index contributed by atoms with van der Waals surface area (Å²) < 4.78 is 0. The highest BCUT2D eigenvalue weighted by molar-refractivity contribution is 6.06. The zero-order valence-corrected chi connectivity index (χ0v) is 18.9. The molecule has 7 nitrogen and oxygen atoms in total. The number of halogens is 1. The Bertz CT molecular complexity index is 890. The fraction of sp³-hybridized carbons (Fsp3) is 0.583. The third-order valence-electron chi connectivity index (χ3n) is 8.08. The maximum atomic E-state index is 13.1. The number of nitrogens with zero attached hydrogens (tertiary/aromatic N) is 5. The third kappa shape index (κ3) is 3.37. The maximum Gasteiger partial charge on any atom is 0.233 e. The monoisotopic (exact) mass is 455 g/mol. The van der Waals surface area contributed by atoms with Crippen LogP contribution in [0.15, 0.2) is 42.8 Å². The molecule has 3 fully saturated rings. The van der Waals surface area contributed by atoms with Gasteiger partial charge in [0.25, 0.3) is 0 Å². The number of anilines is 1. The Morgan fingerprint density at radius 3 is 1.84 bits per heavy atom. The van der Waals surface area contributed by atoms with Crippen LogP contribution in [0.5, 0.6) is 0 Å². The standard InChI is InChI=1S/C24H29N5O2.ClH/c30-22-20-18-6-7-19(17-5-4-16(17)18)21(20)23(31)29(22)11-2-1-10-27-12-14-28(15-13-27)24-25-8-3-9-26-24;/h3-9,16-21H,1-2,10-15H2;1H/t16-,17+,18-,19+,20+,21-;. The summed E-state index contributed by atoms with van der Waals surface area (Å²) in [4.78, 5) is 41.2. The van der Waals surface area contributed by atoms with Crippen LogP contribution < -0.4 is 4.90 Å². The minimum atomic E-state index is -0.109. The van der Waals surface area contributed by atoms with Crippen LogP contribution >= 0.6 is 12.4 Å². The lowest BCUT2D eigenvalue weighted by Crippen LogP contribution is -2.50. The smallest absolute Gasteiger partial charge is 0.233 e. The average molecular weight is 456 g/mol. The van der Waals surface area contributed by atoms with E-state index in [-0.39, 0.29) is 47.9 Å². The molecule has 2 saturated heterocycles. The van der Waals surface area contributed by atoms with Gasteiger partial charge in [-0.3, -0.25) is 19.4 Å². The van der Waals surface area contributed by atoms with Gasteiger partial charge in [-0.25, -0.2) is 9.97 Å². The van der Waals surface area contributed by atoms with Gasteiger partial charge in [0.2, 0.25) is 17.8 Å². The van der Waals surface area contributed by atoms with E-state index in [0.717, 1.165) is 51.5 Å². The molecule has 32 heavy (non-hydrogen) atoms. The van der Waals surface area contributed by atoms with Crippen LogP contribution in [0.25, 0.3) is 0 Å². The molecular weight excluding hydrogens is 426 g/mol. The number of carbonyl (C=O) groups excluding carboxylic acids is 2. The van der Waals surface area contributed by atoms with Crippen LogP contribution in [0.2, 0.25) is 0 Å². The Balaban J connectivity index is 0.00000216. The quantitative estimate of drug-likeness (QED) is 0.371. The molecule has 7 rings (SSSR count). The van der Waals surface area contributed by atoms with Crippen molar-refractivity contribution in [3.8, 4) is 0 Å². The molecule has 1 aromatic rings. The van der Waals surface area contributed by atoms with Crippen LogP contribution in [0, 0.1) is 35.5 Å². The van der Waals surface area contributed by atoms with E-state index in [2.05, 4.69) is 44.1 Å². The number of hydrogen-bond donors (Lipinski definition) is 0. The molecule has 0 N–H and O–H groups in total. The predicted octanol–water partition coefficient (Wildman–Crippen LogP) is 2.02. The van der Waals surface area contributed by atoms with Crippen molar-refractivity contribution in [3.05, 3.63) is 42.8 Å². The Morgan fingerprint density at radius 1 is 0.750 bits per heavy atom. The number of likely N-dealkylation sites (tertiary alicyclic amines) is 1. The Kier molecular flexibility index (Phi) is 5.80. The van der Waals surface area contributed by atoms with Gasteiger partial charge in [-0.1, -0.05) is 24.3 Å². The first-order valence-electron chi connectivity index (χ1n) is 11.7. The number of piperazine rings is 1. The molecule has 6 atom stereocenters. The predicted molar refractivity (Wildman–Crippen MR) is 123 cm³/mol. The zero-order chi connectivity index (χ0) is 20.9. The molecule has 4 aliphatic carbocycles. The normalized spacial score (nSPS) is 34.9. The van der Waals surface area contributed by atoms with Gasteiger partial charge < -0.3 is 4.90 Å². The molecule has 0 radical (unpaired) electrons. The summed E-state index contributed by atoms with van der Waals surface area (Å²) in [6.07, 6.45) is 14.4.